The summed E-state index contributed by atoms with van der Waals surface area (Å²) in [7, 11) is 1.22. The molecule has 0 aromatic heterocycles. The average molecular weight is 316 g/mol. The molecule has 0 fully saturated rings. The van der Waals surface area contributed by atoms with Crippen LogP contribution in [-0.2, 0) is 23.9 Å². The maximum Gasteiger partial charge on any atom is 0.328 e. The first-order chi connectivity index (χ1) is 10.4. The highest BCUT2D eigenvalue weighted by atomic mass is 16.5. The first kappa shape index (κ1) is 19.9. The average Bonchev–Trinajstić information content (AvgIpc) is 2.45. The van der Waals surface area contributed by atoms with Crippen LogP contribution < -0.4 is 10.6 Å². The minimum absolute atomic E-state index is 0.0924. The van der Waals surface area contributed by atoms with Crippen molar-refractivity contribution in [2.45, 2.75) is 51.5 Å². The van der Waals surface area contributed by atoms with E-state index >= 15 is 0 Å². The van der Waals surface area contributed by atoms with Gasteiger partial charge in [-0.1, -0.05) is 6.42 Å². The third kappa shape index (κ3) is 10.6. The highest BCUT2D eigenvalue weighted by molar-refractivity contribution is 5.84. The van der Waals surface area contributed by atoms with Gasteiger partial charge in [0, 0.05) is 26.3 Å². The van der Waals surface area contributed by atoms with E-state index in [1.54, 1.807) is 0 Å². The van der Waals surface area contributed by atoms with E-state index in [1.165, 1.54) is 14.0 Å². The van der Waals surface area contributed by atoms with Gasteiger partial charge in [-0.05, 0) is 19.3 Å². The lowest BCUT2D eigenvalue weighted by Gasteiger charge is -2.15. The summed E-state index contributed by atoms with van der Waals surface area (Å²) in [4.78, 5) is 44.3. The van der Waals surface area contributed by atoms with E-state index in [4.69, 9.17) is 5.11 Å². The van der Waals surface area contributed by atoms with Crippen molar-refractivity contribution >= 4 is 23.8 Å². The van der Waals surface area contributed by atoms with E-state index in [0.717, 1.165) is 6.42 Å². The summed E-state index contributed by atoms with van der Waals surface area (Å²) in [5.41, 5.74) is 0. The van der Waals surface area contributed by atoms with Gasteiger partial charge < -0.3 is 20.5 Å². The van der Waals surface area contributed by atoms with Crippen molar-refractivity contribution in [1.29, 1.82) is 0 Å². The van der Waals surface area contributed by atoms with Crippen molar-refractivity contribution in [3.05, 3.63) is 0 Å². The lowest BCUT2D eigenvalue weighted by Crippen LogP contribution is -2.41. The number of esters is 1. The summed E-state index contributed by atoms with van der Waals surface area (Å²) >= 11 is 0. The molecule has 0 aliphatic rings. The largest absolute Gasteiger partial charge is 0.481 e. The fraction of sp³-hybridized carbons (Fsp3) is 0.714. The van der Waals surface area contributed by atoms with Crippen LogP contribution in [0.3, 0.4) is 0 Å². The predicted molar refractivity (Wildman–Crippen MR) is 78.0 cm³/mol. The highest BCUT2D eigenvalue weighted by Crippen LogP contribution is 2.01. The Morgan fingerprint density at radius 1 is 1.09 bits per heavy atom. The molecule has 2 amide bonds. The molecule has 1 atom stereocenters. The molecule has 1 unspecified atom stereocenters. The Morgan fingerprint density at radius 2 is 1.77 bits per heavy atom. The topological polar surface area (TPSA) is 122 Å². The number of carbonyl (C=O) groups excluding carboxylic acids is 3. The van der Waals surface area contributed by atoms with E-state index in [1.807, 2.05) is 0 Å². The van der Waals surface area contributed by atoms with Gasteiger partial charge in [0.1, 0.15) is 6.04 Å². The van der Waals surface area contributed by atoms with Crippen LogP contribution in [0.25, 0.3) is 0 Å². The van der Waals surface area contributed by atoms with Gasteiger partial charge in [-0.25, -0.2) is 4.79 Å². The summed E-state index contributed by atoms with van der Waals surface area (Å²) < 4.78 is 4.56. The van der Waals surface area contributed by atoms with E-state index < -0.39 is 18.0 Å². The first-order valence-corrected chi connectivity index (χ1v) is 7.20. The SMILES string of the molecule is COC(=O)C(CCC(=O)NCCCCCC(=O)O)NC(C)=O. The molecular formula is C14H24N2O6. The van der Waals surface area contributed by atoms with Crippen molar-refractivity contribution in [3.8, 4) is 0 Å². The summed E-state index contributed by atoms with van der Waals surface area (Å²) in [6.07, 6.45) is 2.39. The minimum atomic E-state index is -0.830. The Labute approximate surface area is 129 Å². The smallest absolute Gasteiger partial charge is 0.328 e. The molecule has 0 aromatic rings. The van der Waals surface area contributed by atoms with Gasteiger partial charge in [0.25, 0.3) is 0 Å². The molecule has 0 bridgehead atoms. The van der Waals surface area contributed by atoms with Crippen LogP contribution in [0.4, 0.5) is 0 Å². The van der Waals surface area contributed by atoms with E-state index in [-0.39, 0.29) is 31.1 Å². The number of carbonyl (C=O) groups is 4. The van der Waals surface area contributed by atoms with Gasteiger partial charge in [-0.3, -0.25) is 14.4 Å². The lowest BCUT2D eigenvalue weighted by atomic mass is 10.1. The predicted octanol–water partition coefficient (Wildman–Crippen LogP) is 0.206. The molecule has 0 saturated heterocycles. The molecule has 8 heteroatoms. The molecule has 0 aliphatic carbocycles. The third-order valence-corrected chi connectivity index (χ3v) is 2.91. The molecule has 0 heterocycles. The molecule has 8 nitrogen and oxygen atoms in total. The second-order valence-electron chi connectivity index (χ2n) is 4.87. The van der Waals surface area contributed by atoms with Crippen LogP contribution >= 0.6 is 0 Å². The number of unbranched alkanes of at least 4 members (excludes halogenated alkanes) is 2. The number of ether oxygens (including phenoxy) is 1. The highest BCUT2D eigenvalue weighted by Gasteiger charge is 2.20. The second-order valence-corrected chi connectivity index (χ2v) is 4.87. The lowest BCUT2D eigenvalue weighted by molar-refractivity contribution is -0.145. The monoisotopic (exact) mass is 316 g/mol. The van der Waals surface area contributed by atoms with Crippen molar-refractivity contribution in [3.63, 3.8) is 0 Å². The molecule has 0 aromatic carbocycles. The zero-order valence-electron chi connectivity index (χ0n) is 13.0. The quantitative estimate of drug-likeness (QED) is 0.370. The Kier molecular flexibility index (Phi) is 10.4. The number of amides is 2. The Balaban J connectivity index is 3.87. The standard InChI is InChI=1S/C14H24N2O6/c1-10(17)16-11(14(21)22-2)7-8-12(18)15-9-5-3-4-6-13(19)20/h11H,3-9H2,1-2H3,(H,15,18)(H,16,17)(H,19,20). The fourth-order valence-electron chi connectivity index (χ4n) is 1.81. The van der Waals surface area contributed by atoms with E-state index in [9.17, 15) is 19.2 Å². The van der Waals surface area contributed by atoms with Crippen LogP contribution in [0.15, 0.2) is 0 Å². The summed E-state index contributed by atoms with van der Waals surface area (Å²) in [6.45, 7) is 1.74. The molecule has 0 radical (unpaired) electrons. The van der Waals surface area contributed by atoms with Crippen LogP contribution in [0.5, 0.6) is 0 Å². The van der Waals surface area contributed by atoms with Gasteiger partial charge in [-0.15, -0.1) is 0 Å². The molecule has 0 aliphatic heterocycles. The first-order valence-electron chi connectivity index (χ1n) is 7.20. The van der Waals surface area contributed by atoms with Crippen molar-refractivity contribution in [2.24, 2.45) is 0 Å². The Bertz CT molecular complexity index is 397. The van der Waals surface area contributed by atoms with Crippen molar-refractivity contribution in [2.75, 3.05) is 13.7 Å². The number of hydrogen-bond acceptors (Lipinski definition) is 5. The molecule has 3 N–H and O–H groups in total. The van der Waals surface area contributed by atoms with Gasteiger partial charge in [0.15, 0.2) is 0 Å². The second kappa shape index (κ2) is 11.5. The van der Waals surface area contributed by atoms with Gasteiger partial charge in [0.05, 0.1) is 7.11 Å². The van der Waals surface area contributed by atoms with E-state index in [0.29, 0.717) is 19.4 Å². The number of aliphatic carboxylic acids is 1. The number of carboxylic acid groups (broad SMARTS) is 1. The van der Waals surface area contributed by atoms with Gasteiger partial charge >= 0.3 is 11.9 Å². The Morgan fingerprint density at radius 3 is 2.32 bits per heavy atom. The maximum atomic E-state index is 11.6. The molecular weight excluding hydrogens is 292 g/mol. The normalized spacial score (nSPS) is 11.4. The summed E-state index contributed by atoms with van der Waals surface area (Å²) in [6, 6.07) is -0.830. The molecule has 0 rings (SSSR count). The van der Waals surface area contributed by atoms with Gasteiger partial charge in [0.2, 0.25) is 11.8 Å². The van der Waals surface area contributed by atoms with Gasteiger partial charge in [-0.2, -0.15) is 0 Å². The van der Waals surface area contributed by atoms with Crippen molar-refractivity contribution < 1.29 is 29.0 Å². The Hall–Kier alpha value is -2.12. The zero-order chi connectivity index (χ0) is 17.0. The van der Waals surface area contributed by atoms with E-state index in [2.05, 4.69) is 15.4 Å². The molecule has 0 saturated carbocycles. The number of methoxy groups -OCH3 is 1. The molecule has 126 valence electrons. The van der Waals surface area contributed by atoms with Crippen LogP contribution in [0, 0.1) is 0 Å². The summed E-state index contributed by atoms with van der Waals surface area (Å²) in [5, 5.41) is 13.6. The summed E-state index contributed by atoms with van der Waals surface area (Å²) in [5.74, 6) is -2.00. The number of carboxylic acids is 1. The molecule has 22 heavy (non-hydrogen) atoms. The maximum absolute atomic E-state index is 11.6. The zero-order valence-corrected chi connectivity index (χ0v) is 13.0. The third-order valence-electron chi connectivity index (χ3n) is 2.91. The number of hydrogen-bond donors (Lipinski definition) is 3. The van der Waals surface area contributed by atoms with Crippen LogP contribution in [-0.4, -0.2) is 48.6 Å². The fourth-order valence-corrected chi connectivity index (χ4v) is 1.81. The number of nitrogens with one attached hydrogen (secondary N) is 2. The number of rotatable bonds is 11. The molecule has 0 spiro atoms. The van der Waals surface area contributed by atoms with Crippen molar-refractivity contribution in [1.82, 2.24) is 10.6 Å². The van der Waals surface area contributed by atoms with Crippen LogP contribution in [0.2, 0.25) is 0 Å². The van der Waals surface area contributed by atoms with Crippen LogP contribution in [0.1, 0.15) is 45.4 Å². The minimum Gasteiger partial charge on any atom is -0.481 e.